The van der Waals surface area contributed by atoms with Crippen LogP contribution < -0.4 is 10.2 Å². The maximum absolute atomic E-state index is 13.7. The van der Waals surface area contributed by atoms with Crippen molar-refractivity contribution in [3.05, 3.63) is 59.7 Å². The van der Waals surface area contributed by atoms with Gasteiger partial charge < -0.3 is 10.2 Å². The summed E-state index contributed by atoms with van der Waals surface area (Å²) in [5.41, 5.74) is 1.63. The first-order valence-electron chi connectivity index (χ1n) is 8.51. The lowest BCUT2D eigenvalue weighted by Crippen LogP contribution is -2.28. The second-order valence-corrected chi connectivity index (χ2v) is 6.77. The maximum atomic E-state index is 13.7. The van der Waals surface area contributed by atoms with Crippen molar-refractivity contribution in [1.82, 2.24) is 0 Å². The van der Waals surface area contributed by atoms with Gasteiger partial charge in [-0.1, -0.05) is 26.0 Å². The Bertz CT molecular complexity index is 851. The second-order valence-electron chi connectivity index (χ2n) is 6.77. The lowest BCUT2D eigenvalue weighted by atomic mass is 10.0. The molecule has 0 spiro atoms. The van der Waals surface area contributed by atoms with Crippen molar-refractivity contribution in [2.24, 2.45) is 5.92 Å². The van der Waals surface area contributed by atoms with E-state index in [-0.39, 0.29) is 24.6 Å². The van der Waals surface area contributed by atoms with Gasteiger partial charge in [-0.3, -0.25) is 9.59 Å². The molecule has 1 aliphatic rings. The summed E-state index contributed by atoms with van der Waals surface area (Å²) in [6.45, 7) is 4.34. The van der Waals surface area contributed by atoms with Crippen LogP contribution in [-0.2, 0) is 9.59 Å². The molecule has 136 valence electrons. The molecule has 1 saturated heterocycles. The highest BCUT2D eigenvalue weighted by Crippen LogP contribution is 2.28. The summed E-state index contributed by atoms with van der Waals surface area (Å²) in [4.78, 5) is 26.3. The highest BCUT2D eigenvalue weighted by molar-refractivity contribution is 6.03. The van der Waals surface area contributed by atoms with E-state index in [4.69, 9.17) is 0 Å². The molecule has 1 unspecified atom stereocenters. The molecular weight excluding hydrogens is 338 g/mol. The SMILES string of the molecule is CC(C)c1cccc(N2CC(C(=O)Nc3cc(F)ccc3F)CC2=O)c1. The predicted octanol–water partition coefficient (Wildman–Crippen LogP) is 4.08. The molecule has 2 aromatic carbocycles. The number of halogens is 2. The van der Waals surface area contributed by atoms with E-state index in [0.29, 0.717) is 5.92 Å². The zero-order chi connectivity index (χ0) is 18.8. The normalized spacial score (nSPS) is 17.0. The van der Waals surface area contributed by atoms with Gasteiger partial charge in [-0.25, -0.2) is 8.78 Å². The fourth-order valence-electron chi connectivity index (χ4n) is 3.01. The van der Waals surface area contributed by atoms with Crippen LogP contribution >= 0.6 is 0 Å². The summed E-state index contributed by atoms with van der Waals surface area (Å²) >= 11 is 0. The van der Waals surface area contributed by atoms with E-state index in [9.17, 15) is 18.4 Å². The molecule has 0 bridgehead atoms. The van der Waals surface area contributed by atoms with Gasteiger partial charge in [0, 0.05) is 24.7 Å². The third kappa shape index (κ3) is 3.74. The van der Waals surface area contributed by atoms with Gasteiger partial charge in [-0.15, -0.1) is 0 Å². The average molecular weight is 358 g/mol. The molecule has 0 radical (unpaired) electrons. The molecule has 1 atom stereocenters. The van der Waals surface area contributed by atoms with E-state index in [2.05, 4.69) is 19.2 Å². The molecule has 1 aliphatic heterocycles. The zero-order valence-electron chi connectivity index (χ0n) is 14.6. The van der Waals surface area contributed by atoms with Crippen molar-refractivity contribution in [3.8, 4) is 0 Å². The summed E-state index contributed by atoms with van der Waals surface area (Å²) in [6.07, 6.45) is 0.0364. The van der Waals surface area contributed by atoms with Gasteiger partial charge >= 0.3 is 0 Å². The van der Waals surface area contributed by atoms with E-state index >= 15 is 0 Å². The van der Waals surface area contributed by atoms with Crippen LogP contribution in [0.3, 0.4) is 0 Å². The number of hydrogen-bond acceptors (Lipinski definition) is 2. The molecule has 3 rings (SSSR count). The van der Waals surface area contributed by atoms with E-state index in [1.807, 2.05) is 24.3 Å². The number of nitrogens with zero attached hydrogens (tertiary/aromatic N) is 1. The first-order valence-corrected chi connectivity index (χ1v) is 8.51. The molecule has 0 aromatic heterocycles. The fraction of sp³-hybridized carbons (Fsp3) is 0.300. The smallest absolute Gasteiger partial charge is 0.229 e. The Morgan fingerprint density at radius 3 is 2.69 bits per heavy atom. The minimum absolute atomic E-state index is 0.0364. The van der Waals surface area contributed by atoms with Gasteiger partial charge in [0.05, 0.1) is 11.6 Å². The van der Waals surface area contributed by atoms with Crippen molar-refractivity contribution < 1.29 is 18.4 Å². The number of carbonyl (C=O) groups is 2. The van der Waals surface area contributed by atoms with Crippen molar-refractivity contribution in [2.45, 2.75) is 26.2 Å². The van der Waals surface area contributed by atoms with Crippen molar-refractivity contribution in [1.29, 1.82) is 0 Å². The molecule has 1 N–H and O–H groups in total. The van der Waals surface area contributed by atoms with E-state index in [0.717, 1.165) is 29.4 Å². The van der Waals surface area contributed by atoms with Crippen molar-refractivity contribution in [2.75, 3.05) is 16.8 Å². The lowest BCUT2D eigenvalue weighted by Gasteiger charge is -2.18. The van der Waals surface area contributed by atoms with Crippen LogP contribution in [0.2, 0.25) is 0 Å². The summed E-state index contributed by atoms with van der Waals surface area (Å²) < 4.78 is 26.9. The van der Waals surface area contributed by atoms with Crippen LogP contribution in [0.25, 0.3) is 0 Å². The number of rotatable bonds is 4. The highest BCUT2D eigenvalue weighted by Gasteiger charge is 2.35. The first-order chi connectivity index (χ1) is 12.3. The Kier molecular flexibility index (Phi) is 5.02. The van der Waals surface area contributed by atoms with E-state index in [1.165, 1.54) is 0 Å². The van der Waals surface area contributed by atoms with Crippen LogP contribution in [0, 0.1) is 17.6 Å². The third-order valence-electron chi connectivity index (χ3n) is 4.53. The molecule has 1 heterocycles. The minimum Gasteiger partial charge on any atom is -0.323 e. The van der Waals surface area contributed by atoms with Crippen molar-refractivity contribution in [3.63, 3.8) is 0 Å². The molecule has 26 heavy (non-hydrogen) atoms. The van der Waals surface area contributed by atoms with Crippen LogP contribution in [0.1, 0.15) is 31.7 Å². The van der Waals surface area contributed by atoms with Crippen LogP contribution in [0.5, 0.6) is 0 Å². The molecular formula is C20H20F2N2O2. The number of nitrogens with one attached hydrogen (secondary N) is 1. The summed E-state index contributed by atoms with van der Waals surface area (Å²) in [5.74, 6) is -2.31. The monoisotopic (exact) mass is 358 g/mol. The standard InChI is InChI=1S/C20H20F2N2O2/c1-12(2)13-4-3-5-16(8-13)24-11-14(9-19(24)25)20(26)23-18-10-15(21)6-7-17(18)22/h3-8,10,12,14H,9,11H2,1-2H3,(H,23,26). The van der Waals surface area contributed by atoms with Crippen LogP contribution in [-0.4, -0.2) is 18.4 Å². The maximum Gasteiger partial charge on any atom is 0.229 e. The van der Waals surface area contributed by atoms with Gasteiger partial charge in [0.1, 0.15) is 11.6 Å². The molecule has 0 aliphatic carbocycles. The highest BCUT2D eigenvalue weighted by atomic mass is 19.1. The third-order valence-corrected chi connectivity index (χ3v) is 4.53. The summed E-state index contributed by atoms with van der Waals surface area (Å²) in [5, 5.41) is 2.38. The largest absolute Gasteiger partial charge is 0.323 e. The molecule has 2 amide bonds. The number of amides is 2. The van der Waals surface area contributed by atoms with Crippen molar-refractivity contribution >= 4 is 23.2 Å². The summed E-state index contributed by atoms with van der Waals surface area (Å²) in [7, 11) is 0. The van der Waals surface area contributed by atoms with Crippen LogP contribution in [0.15, 0.2) is 42.5 Å². The molecule has 0 saturated carbocycles. The number of benzene rings is 2. The molecule has 6 heteroatoms. The Labute approximate surface area is 150 Å². The number of hydrogen-bond donors (Lipinski definition) is 1. The second kappa shape index (κ2) is 7.23. The first kappa shape index (κ1) is 18.0. The number of anilines is 2. The molecule has 2 aromatic rings. The number of carbonyl (C=O) groups excluding carboxylic acids is 2. The topological polar surface area (TPSA) is 49.4 Å². The van der Waals surface area contributed by atoms with Gasteiger partial charge in [-0.2, -0.15) is 0 Å². The average Bonchev–Trinajstić information content (AvgIpc) is 3.00. The van der Waals surface area contributed by atoms with Gasteiger partial charge in [0.25, 0.3) is 0 Å². The summed E-state index contributed by atoms with van der Waals surface area (Å²) in [6, 6.07) is 10.5. The predicted molar refractivity (Wildman–Crippen MR) is 96.0 cm³/mol. The van der Waals surface area contributed by atoms with Gasteiger partial charge in [0.15, 0.2) is 0 Å². The Morgan fingerprint density at radius 1 is 1.19 bits per heavy atom. The Morgan fingerprint density at radius 2 is 1.96 bits per heavy atom. The molecule has 4 nitrogen and oxygen atoms in total. The quantitative estimate of drug-likeness (QED) is 0.895. The Balaban J connectivity index is 1.74. The van der Waals surface area contributed by atoms with Gasteiger partial charge in [0.2, 0.25) is 11.8 Å². The van der Waals surface area contributed by atoms with Gasteiger partial charge in [-0.05, 0) is 35.7 Å². The fourth-order valence-corrected chi connectivity index (χ4v) is 3.01. The van der Waals surface area contributed by atoms with E-state index in [1.54, 1.807) is 4.90 Å². The Hall–Kier alpha value is -2.76. The minimum atomic E-state index is -0.717. The zero-order valence-corrected chi connectivity index (χ0v) is 14.6. The van der Waals surface area contributed by atoms with E-state index < -0.39 is 23.5 Å². The lowest BCUT2D eigenvalue weighted by molar-refractivity contribution is -0.122. The van der Waals surface area contributed by atoms with Crippen LogP contribution in [0.4, 0.5) is 20.2 Å². The molecule has 1 fully saturated rings.